The summed E-state index contributed by atoms with van der Waals surface area (Å²) in [5, 5.41) is 12.1. The summed E-state index contributed by atoms with van der Waals surface area (Å²) in [6, 6.07) is 5.65. The molecule has 0 radical (unpaired) electrons. The Balaban J connectivity index is 2.23. The van der Waals surface area contributed by atoms with Crippen molar-refractivity contribution in [2.24, 2.45) is 5.92 Å². The molecule has 1 saturated carbocycles. The van der Waals surface area contributed by atoms with E-state index in [9.17, 15) is 5.11 Å². The molecule has 1 fully saturated rings. The van der Waals surface area contributed by atoms with Crippen LogP contribution in [0.5, 0.6) is 0 Å². The molecule has 3 heteroatoms. The first-order chi connectivity index (χ1) is 8.57. The first kappa shape index (κ1) is 14.2. The van der Waals surface area contributed by atoms with E-state index in [2.05, 4.69) is 6.92 Å². The second-order valence-electron chi connectivity index (χ2n) is 5.34. The van der Waals surface area contributed by atoms with Crippen molar-refractivity contribution in [2.45, 2.75) is 51.0 Å². The van der Waals surface area contributed by atoms with Crippen LogP contribution < -0.4 is 0 Å². The van der Waals surface area contributed by atoms with E-state index in [1.165, 1.54) is 6.42 Å². The summed E-state index contributed by atoms with van der Waals surface area (Å²) in [7, 11) is 0. The molecule has 0 bridgehead atoms. The van der Waals surface area contributed by atoms with Crippen molar-refractivity contribution < 1.29 is 5.11 Å². The minimum absolute atomic E-state index is 0.376. The fourth-order valence-corrected chi connectivity index (χ4v) is 3.51. The average Bonchev–Trinajstić information content (AvgIpc) is 2.35. The van der Waals surface area contributed by atoms with Gasteiger partial charge in [-0.25, -0.2) is 0 Å². The SMILES string of the molecule is CCC1CCCCC1(O)Cc1cccc(Cl)c1Cl. The number of benzene rings is 1. The first-order valence-corrected chi connectivity index (χ1v) is 7.47. The summed E-state index contributed by atoms with van der Waals surface area (Å²) in [6.07, 6.45) is 5.95. The molecule has 0 aromatic heterocycles. The highest BCUT2D eigenvalue weighted by molar-refractivity contribution is 6.42. The number of aliphatic hydroxyl groups is 1. The summed E-state index contributed by atoms with van der Waals surface area (Å²) in [5.74, 6) is 0.376. The van der Waals surface area contributed by atoms with Crippen molar-refractivity contribution in [1.82, 2.24) is 0 Å². The molecule has 0 saturated heterocycles. The second-order valence-corrected chi connectivity index (χ2v) is 6.13. The van der Waals surface area contributed by atoms with E-state index >= 15 is 0 Å². The lowest BCUT2D eigenvalue weighted by atomic mass is 9.71. The van der Waals surface area contributed by atoms with Crippen LogP contribution in [0.25, 0.3) is 0 Å². The third-order valence-electron chi connectivity index (χ3n) is 4.19. The Labute approximate surface area is 119 Å². The van der Waals surface area contributed by atoms with Crippen molar-refractivity contribution >= 4 is 23.2 Å². The molecule has 1 aliphatic rings. The van der Waals surface area contributed by atoms with Crippen molar-refractivity contribution in [1.29, 1.82) is 0 Å². The van der Waals surface area contributed by atoms with Crippen molar-refractivity contribution in [3.05, 3.63) is 33.8 Å². The van der Waals surface area contributed by atoms with Crippen molar-refractivity contribution in [3.63, 3.8) is 0 Å². The average molecular weight is 287 g/mol. The maximum Gasteiger partial charge on any atom is 0.0716 e. The van der Waals surface area contributed by atoms with Gasteiger partial charge in [0, 0.05) is 6.42 Å². The quantitative estimate of drug-likeness (QED) is 0.841. The Hall–Kier alpha value is -0.240. The van der Waals surface area contributed by atoms with Gasteiger partial charge in [0.15, 0.2) is 0 Å². The summed E-state index contributed by atoms with van der Waals surface area (Å²) in [4.78, 5) is 0. The molecular weight excluding hydrogens is 267 g/mol. The van der Waals surface area contributed by atoms with Crippen LogP contribution in [-0.2, 0) is 6.42 Å². The number of hydrogen-bond donors (Lipinski definition) is 1. The molecular formula is C15H20Cl2O. The van der Waals surface area contributed by atoms with Crippen LogP contribution in [0.1, 0.15) is 44.6 Å². The lowest BCUT2D eigenvalue weighted by Gasteiger charge is -2.40. The normalized spacial score (nSPS) is 28.3. The minimum Gasteiger partial charge on any atom is -0.389 e. The molecule has 0 heterocycles. The predicted molar refractivity (Wildman–Crippen MR) is 77.4 cm³/mol. The van der Waals surface area contributed by atoms with Crippen molar-refractivity contribution in [2.75, 3.05) is 0 Å². The Morgan fingerprint density at radius 3 is 2.83 bits per heavy atom. The lowest BCUT2D eigenvalue weighted by Crippen LogP contribution is -2.42. The zero-order valence-corrected chi connectivity index (χ0v) is 12.3. The fourth-order valence-electron chi connectivity index (χ4n) is 3.13. The molecule has 1 nitrogen and oxygen atoms in total. The Morgan fingerprint density at radius 1 is 1.33 bits per heavy atom. The molecule has 100 valence electrons. The van der Waals surface area contributed by atoms with E-state index < -0.39 is 5.60 Å². The van der Waals surface area contributed by atoms with Gasteiger partial charge in [0.25, 0.3) is 0 Å². The minimum atomic E-state index is -0.610. The molecule has 18 heavy (non-hydrogen) atoms. The van der Waals surface area contributed by atoms with E-state index in [1.807, 2.05) is 12.1 Å². The van der Waals surface area contributed by atoms with Gasteiger partial charge in [-0.15, -0.1) is 0 Å². The van der Waals surface area contributed by atoms with Gasteiger partial charge < -0.3 is 5.11 Å². The van der Waals surface area contributed by atoms with Gasteiger partial charge in [-0.2, -0.15) is 0 Å². The summed E-state index contributed by atoms with van der Waals surface area (Å²) in [6.45, 7) is 2.15. The molecule has 2 unspecified atom stereocenters. The molecule has 0 spiro atoms. The second kappa shape index (κ2) is 5.81. The van der Waals surface area contributed by atoms with E-state index in [0.29, 0.717) is 22.4 Å². The topological polar surface area (TPSA) is 20.2 Å². The standard InChI is InChI=1S/C15H20Cl2O/c1-2-12-7-3-4-9-15(12,18)10-11-6-5-8-13(16)14(11)17/h5-6,8,12,18H,2-4,7,9-10H2,1H3. The molecule has 1 aromatic carbocycles. The highest BCUT2D eigenvalue weighted by Crippen LogP contribution is 2.40. The smallest absolute Gasteiger partial charge is 0.0716 e. The molecule has 2 rings (SSSR count). The van der Waals surface area contributed by atoms with Crippen LogP contribution in [0.3, 0.4) is 0 Å². The molecule has 0 aliphatic heterocycles. The molecule has 0 amide bonds. The van der Waals surface area contributed by atoms with Gasteiger partial charge in [-0.3, -0.25) is 0 Å². The van der Waals surface area contributed by atoms with Crippen LogP contribution in [0, 0.1) is 5.92 Å². The van der Waals surface area contributed by atoms with Crippen LogP contribution in [-0.4, -0.2) is 10.7 Å². The monoisotopic (exact) mass is 286 g/mol. The van der Waals surface area contributed by atoms with Gasteiger partial charge in [-0.05, 0) is 30.4 Å². The summed E-state index contributed by atoms with van der Waals surface area (Å²) < 4.78 is 0. The first-order valence-electron chi connectivity index (χ1n) is 6.72. The summed E-state index contributed by atoms with van der Waals surface area (Å²) in [5.41, 5.74) is 0.355. The Bertz CT molecular complexity index is 419. The maximum absolute atomic E-state index is 10.9. The van der Waals surface area contributed by atoms with E-state index in [-0.39, 0.29) is 0 Å². The van der Waals surface area contributed by atoms with E-state index in [4.69, 9.17) is 23.2 Å². The van der Waals surface area contributed by atoms with Crippen molar-refractivity contribution in [3.8, 4) is 0 Å². The van der Waals surface area contributed by atoms with Gasteiger partial charge in [0.05, 0.1) is 15.6 Å². The van der Waals surface area contributed by atoms with Crippen LogP contribution in [0.4, 0.5) is 0 Å². The molecule has 2 atom stereocenters. The third kappa shape index (κ3) is 2.84. The van der Waals surface area contributed by atoms with Crippen LogP contribution >= 0.6 is 23.2 Å². The van der Waals surface area contributed by atoms with Gasteiger partial charge in [-0.1, -0.05) is 61.5 Å². The molecule has 1 aliphatic carbocycles. The summed E-state index contributed by atoms with van der Waals surface area (Å²) >= 11 is 12.3. The van der Waals surface area contributed by atoms with Gasteiger partial charge >= 0.3 is 0 Å². The van der Waals surface area contributed by atoms with Crippen LogP contribution in [0.15, 0.2) is 18.2 Å². The molecule has 1 aromatic rings. The Kier molecular flexibility index (Phi) is 4.58. The fraction of sp³-hybridized carbons (Fsp3) is 0.600. The highest BCUT2D eigenvalue weighted by Gasteiger charge is 2.38. The zero-order valence-electron chi connectivity index (χ0n) is 10.8. The lowest BCUT2D eigenvalue weighted by molar-refractivity contribution is -0.0491. The van der Waals surface area contributed by atoms with Gasteiger partial charge in [0.2, 0.25) is 0 Å². The number of hydrogen-bond acceptors (Lipinski definition) is 1. The maximum atomic E-state index is 10.9. The Morgan fingerprint density at radius 2 is 2.11 bits per heavy atom. The van der Waals surface area contributed by atoms with Crippen LogP contribution in [0.2, 0.25) is 10.0 Å². The molecule has 1 N–H and O–H groups in total. The highest BCUT2D eigenvalue weighted by atomic mass is 35.5. The van der Waals surface area contributed by atoms with E-state index in [1.54, 1.807) is 6.07 Å². The number of halogens is 2. The predicted octanol–water partition coefficient (Wildman–Crippen LogP) is 4.87. The third-order valence-corrected chi connectivity index (χ3v) is 5.05. The largest absolute Gasteiger partial charge is 0.389 e. The number of rotatable bonds is 3. The van der Waals surface area contributed by atoms with Gasteiger partial charge in [0.1, 0.15) is 0 Å². The zero-order chi connectivity index (χ0) is 13.2. The van der Waals surface area contributed by atoms with E-state index in [0.717, 1.165) is 31.2 Å².